The number of hydrogen-bond donors (Lipinski definition) is 0. The van der Waals surface area contributed by atoms with Crippen LogP contribution in [0.4, 0.5) is 13.2 Å². The van der Waals surface area contributed by atoms with Gasteiger partial charge >= 0.3 is 5.51 Å². The van der Waals surface area contributed by atoms with Gasteiger partial charge < -0.3 is 4.74 Å². The highest BCUT2D eigenvalue weighted by Crippen LogP contribution is 2.26. The van der Waals surface area contributed by atoms with E-state index in [0.29, 0.717) is 0 Å². The van der Waals surface area contributed by atoms with Crippen LogP contribution in [0.5, 0.6) is 0 Å². The van der Waals surface area contributed by atoms with Crippen molar-refractivity contribution in [3.63, 3.8) is 0 Å². The van der Waals surface area contributed by atoms with E-state index in [0.717, 1.165) is 0 Å². The number of alkyl halides is 3. The minimum Gasteiger partial charge on any atom is -0.377 e. The lowest BCUT2D eigenvalue weighted by molar-refractivity contribution is -0.0433. The van der Waals surface area contributed by atoms with Crippen LogP contribution in [0, 0.1) is 0 Å². The third-order valence-corrected chi connectivity index (χ3v) is 3.24. The molecule has 82 valence electrons. The Kier molecular flexibility index (Phi) is 3.20. The van der Waals surface area contributed by atoms with E-state index in [1.165, 1.54) is 6.08 Å². The average molecular weight is 230 g/mol. The van der Waals surface area contributed by atoms with E-state index in [4.69, 9.17) is 4.74 Å². The van der Waals surface area contributed by atoms with Crippen LogP contribution in [0.2, 0.25) is 0 Å². The molecule has 3 nitrogen and oxygen atoms in total. The van der Waals surface area contributed by atoms with E-state index >= 15 is 0 Å². The lowest BCUT2D eigenvalue weighted by Gasteiger charge is -2.14. The van der Waals surface area contributed by atoms with Gasteiger partial charge in [0.2, 0.25) is 0 Å². The van der Waals surface area contributed by atoms with E-state index in [-0.39, 0.29) is 25.2 Å². The van der Waals surface area contributed by atoms with Gasteiger partial charge in [-0.15, -0.1) is 0 Å². The van der Waals surface area contributed by atoms with E-state index < -0.39 is 21.1 Å². The Labute approximate surface area is 79.5 Å². The molecular weight excluding hydrogens is 221 g/mol. The first-order chi connectivity index (χ1) is 6.33. The predicted molar refractivity (Wildman–Crippen MR) is 43.4 cm³/mol. The summed E-state index contributed by atoms with van der Waals surface area (Å²) in [6.45, 7) is 0.460. The standard InChI is InChI=1S/C7H9F3O3S/c8-7(9,10)14(11,12)5-6-1-3-13-4-2-6/h1H,2-5H2. The largest absolute Gasteiger partial charge is 0.497 e. The highest BCUT2D eigenvalue weighted by atomic mass is 32.2. The fraction of sp³-hybridized carbons (Fsp3) is 0.714. The zero-order valence-electron chi connectivity index (χ0n) is 7.17. The molecule has 0 saturated carbocycles. The second-order valence-electron chi connectivity index (χ2n) is 2.89. The summed E-state index contributed by atoms with van der Waals surface area (Å²) in [5, 5.41) is 0. The molecule has 0 amide bonds. The van der Waals surface area contributed by atoms with Gasteiger partial charge in [0.15, 0.2) is 0 Å². The average Bonchev–Trinajstić information content (AvgIpc) is 2.03. The molecule has 1 heterocycles. The molecule has 14 heavy (non-hydrogen) atoms. The van der Waals surface area contributed by atoms with Crippen molar-refractivity contribution in [2.24, 2.45) is 0 Å². The van der Waals surface area contributed by atoms with Gasteiger partial charge in [-0.05, 0) is 6.42 Å². The lowest BCUT2D eigenvalue weighted by atomic mass is 10.2. The predicted octanol–water partition coefficient (Wildman–Crippen LogP) is 1.27. The fourth-order valence-electron chi connectivity index (χ4n) is 1.02. The van der Waals surface area contributed by atoms with Crippen molar-refractivity contribution < 1.29 is 26.3 Å². The normalized spacial score (nSPS) is 19.2. The fourth-order valence-corrected chi connectivity index (χ4v) is 1.94. The summed E-state index contributed by atoms with van der Waals surface area (Å²) in [5.41, 5.74) is -4.89. The number of rotatable bonds is 2. The first-order valence-electron chi connectivity index (χ1n) is 3.87. The summed E-state index contributed by atoms with van der Waals surface area (Å²) < 4.78 is 62.1. The molecular formula is C7H9F3O3S. The summed E-state index contributed by atoms with van der Waals surface area (Å²) in [7, 11) is -5.02. The molecule has 7 heteroatoms. The first kappa shape index (κ1) is 11.5. The minimum absolute atomic E-state index is 0.183. The summed E-state index contributed by atoms with van der Waals surface area (Å²) in [6, 6.07) is 0. The van der Waals surface area contributed by atoms with E-state index in [2.05, 4.69) is 0 Å². The Morgan fingerprint density at radius 2 is 2.07 bits per heavy atom. The van der Waals surface area contributed by atoms with Gasteiger partial charge in [-0.3, -0.25) is 0 Å². The molecule has 1 rings (SSSR count). The Bertz CT molecular complexity index is 329. The first-order valence-corrected chi connectivity index (χ1v) is 5.53. The monoisotopic (exact) mass is 230 g/mol. The van der Waals surface area contributed by atoms with Crippen molar-refractivity contribution in [2.75, 3.05) is 19.0 Å². The third-order valence-electron chi connectivity index (χ3n) is 1.79. The van der Waals surface area contributed by atoms with Gasteiger partial charge in [-0.25, -0.2) is 8.42 Å². The number of halogens is 3. The molecule has 0 fully saturated rings. The van der Waals surface area contributed by atoms with Gasteiger partial charge in [0.05, 0.1) is 19.0 Å². The highest BCUT2D eigenvalue weighted by molar-refractivity contribution is 7.92. The molecule has 0 aliphatic carbocycles. The molecule has 0 atom stereocenters. The van der Waals surface area contributed by atoms with E-state index in [1.54, 1.807) is 0 Å². The quantitative estimate of drug-likeness (QED) is 0.671. The van der Waals surface area contributed by atoms with Gasteiger partial charge in [-0.2, -0.15) is 13.2 Å². The van der Waals surface area contributed by atoms with Crippen molar-refractivity contribution in [3.05, 3.63) is 11.6 Å². The van der Waals surface area contributed by atoms with Gasteiger partial charge in [-0.1, -0.05) is 11.6 Å². The van der Waals surface area contributed by atoms with Crippen LogP contribution in [0.1, 0.15) is 6.42 Å². The number of sulfone groups is 1. The van der Waals surface area contributed by atoms with Crippen molar-refractivity contribution in [1.82, 2.24) is 0 Å². The molecule has 0 aromatic heterocycles. The summed E-state index contributed by atoms with van der Waals surface area (Å²) >= 11 is 0. The van der Waals surface area contributed by atoms with E-state index in [1.807, 2.05) is 0 Å². The third kappa shape index (κ3) is 2.71. The topological polar surface area (TPSA) is 43.4 Å². The summed E-state index contributed by atoms with van der Waals surface area (Å²) in [6.07, 6.45) is 1.63. The van der Waals surface area contributed by atoms with Crippen LogP contribution >= 0.6 is 0 Å². The zero-order chi connectivity index (χ0) is 10.8. The highest BCUT2D eigenvalue weighted by Gasteiger charge is 2.45. The van der Waals surface area contributed by atoms with E-state index in [9.17, 15) is 21.6 Å². The smallest absolute Gasteiger partial charge is 0.377 e. The van der Waals surface area contributed by atoms with Crippen LogP contribution in [0.25, 0.3) is 0 Å². The molecule has 0 bridgehead atoms. The van der Waals surface area contributed by atoms with Gasteiger partial charge in [0.25, 0.3) is 9.84 Å². The molecule has 0 N–H and O–H groups in total. The SMILES string of the molecule is O=S(=O)(CC1=CCOCC1)C(F)(F)F. The maximum absolute atomic E-state index is 11.9. The van der Waals surface area contributed by atoms with Crippen molar-refractivity contribution in [1.29, 1.82) is 0 Å². The molecule has 0 saturated heterocycles. The lowest BCUT2D eigenvalue weighted by Crippen LogP contribution is -2.27. The molecule has 0 aromatic rings. The van der Waals surface area contributed by atoms with Gasteiger partial charge in [0.1, 0.15) is 0 Å². The zero-order valence-corrected chi connectivity index (χ0v) is 7.99. The van der Waals surface area contributed by atoms with Crippen molar-refractivity contribution in [3.8, 4) is 0 Å². The molecule has 0 aromatic carbocycles. The summed E-state index contributed by atoms with van der Waals surface area (Å²) in [5.74, 6) is -0.945. The Hall–Kier alpha value is -0.560. The second-order valence-corrected chi connectivity index (χ2v) is 4.87. The maximum atomic E-state index is 11.9. The van der Waals surface area contributed by atoms with Crippen LogP contribution in [-0.4, -0.2) is 32.9 Å². The Morgan fingerprint density at radius 1 is 1.43 bits per heavy atom. The molecule has 0 unspecified atom stereocenters. The van der Waals surface area contributed by atoms with Crippen LogP contribution in [-0.2, 0) is 14.6 Å². The number of ether oxygens (including phenoxy) is 1. The van der Waals surface area contributed by atoms with Crippen molar-refractivity contribution in [2.45, 2.75) is 11.9 Å². The molecule has 1 aliphatic rings. The minimum atomic E-state index is -5.16. The van der Waals surface area contributed by atoms with Gasteiger partial charge in [0, 0.05) is 0 Å². The van der Waals surface area contributed by atoms with Crippen LogP contribution in [0.3, 0.4) is 0 Å². The van der Waals surface area contributed by atoms with Crippen LogP contribution in [0.15, 0.2) is 11.6 Å². The maximum Gasteiger partial charge on any atom is 0.497 e. The van der Waals surface area contributed by atoms with Crippen LogP contribution < -0.4 is 0 Å². The molecule has 1 aliphatic heterocycles. The Balaban J connectivity index is 2.73. The molecule has 0 spiro atoms. The Morgan fingerprint density at radius 3 is 2.50 bits per heavy atom. The number of hydrogen-bond acceptors (Lipinski definition) is 3. The molecule has 0 radical (unpaired) electrons. The second kappa shape index (κ2) is 3.90. The summed E-state index contributed by atoms with van der Waals surface area (Å²) in [4.78, 5) is 0. The van der Waals surface area contributed by atoms with Crippen molar-refractivity contribution >= 4 is 9.84 Å².